The van der Waals surface area contributed by atoms with Crippen LogP contribution in [0.3, 0.4) is 0 Å². The highest BCUT2D eigenvalue weighted by Crippen LogP contribution is 2.42. The Bertz CT molecular complexity index is 1140. The summed E-state index contributed by atoms with van der Waals surface area (Å²) >= 11 is 8.05. The number of nitrogens with zero attached hydrogens (tertiary/aromatic N) is 2. The second kappa shape index (κ2) is 9.53. The summed E-state index contributed by atoms with van der Waals surface area (Å²) in [6, 6.07) is 11.3. The predicted molar refractivity (Wildman–Crippen MR) is 135 cm³/mol. The van der Waals surface area contributed by atoms with Gasteiger partial charge in [0, 0.05) is 45.4 Å². The molecule has 1 saturated heterocycles. The summed E-state index contributed by atoms with van der Waals surface area (Å²) in [6.07, 6.45) is 2.01. The molecule has 9 heteroatoms. The van der Waals surface area contributed by atoms with Crippen LogP contribution in [0, 0.1) is 23.2 Å². The molecule has 3 heterocycles. The fourth-order valence-electron chi connectivity index (χ4n) is 4.06. The number of carbonyl (C=O) groups is 1. The van der Waals surface area contributed by atoms with E-state index in [2.05, 4.69) is 61.9 Å². The number of H-pyrrole nitrogens is 1. The molecule has 166 valence electrons. The molecular weight excluding hydrogens is 540 g/mol. The highest BCUT2D eigenvalue weighted by Gasteiger charge is 2.42. The van der Waals surface area contributed by atoms with Gasteiger partial charge in [-0.2, -0.15) is 0 Å². The van der Waals surface area contributed by atoms with Crippen LogP contribution >= 0.6 is 34.8 Å². The van der Waals surface area contributed by atoms with Gasteiger partial charge in [0.2, 0.25) is 5.91 Å². The lowest BCUT2D eigenvalue weighted by Gasteiger charge is -2.28. The Labute approximate surface area is 205 Å². The number of rotatable bonds is 6. The molecule has 3 N–H and O–H groups in total. The minimum atomic E-state index is -0.341. The van der Waals surface area contributed by atoms with E-state index in [0.717, 1.165) is 26.2 Å². The van der Waals surface area contributed by atoms with E-state index in [9.17, 15) is 9.18 Å². The summed E-state index contributed by atoms with van der Waals surface area (Å²) in [4.78, 5) is 22.6. The molecule has 0 saturated carbocycles. The molecule has 1 amide bonds. The van der Waals surface area contributed by atoms with Gasteiger partial charge in [-0.15, -0.1) is 0 Å². The van der Waals surface area contributed by atoms with Gasteiger partial charge in [-0.3, -0.25) is 9.78 Å². The number of aromatic amines is 1. The highest BCUT2D eigenvalue weighted by atomic mass is 127. The zero-order valence-electron chi connectivity index (χ0n) is 17.7. The number of aromatic nitrogens is 2. The molecule has 4 rings (SSSR count). The van der Waals surface area contributed by atoms with Crippen LogP contribution in [0.5, 0.6) is 0 Å². The van der Waals surface area contributed by atoms with E-state index in [4.69, 9.17) is 12.2 Å². The fourth-order valence-corrected chi connectivity index (χ4v) is 5.25. The summed E-state index contributed by atoms with van der Waals surface area (Å²) in [5, 5.41) is 6.82. The molecule has 0 aliphatic carbocycles. The SMILES string of the molecule is Cc1[nH]c(C)c(C2C(c3ccccn3)NC(=S)N2CCC(=O)Nc2ccc(F)cc2)c1I. The van der Waals surface area contributed by atoms with E-state index < -0.39 is 0 Å². The van der Waals surface area contributed by atoms with Gasteiger partial charge in [0.25, 0.3) is 0 Å². The van der Waals surface area contributed by atoms with Crippen molar-refractivity contribution in [3.8, 4) is 0 Å². The molecule has 2 unspecified atom stereocenters. The van der Waals surface area contributed by atoms with Crippen LogP contribution < -0.4 is 10.6 Å². The zero-order chi connectivity index (χ0) is 22.8. The maximum atomic E-state index is 13.1. The third-order valence-electron chi connectivity index (χ3n) is 5.55. The second-order valence-corrected chi connectivity index (χ2v) is 9.19. The average molecular weight is 563 g/mol. The van der Waals surface area contributed by atoms with Crippen molar-refractivity contribution in [2.75, 3.05) is 11.9 Å². The van der Waals surface area contributed by atoms with Crippen LogP contribution in [0.4, 0.5) is 10.1 Å². The number of hydrogen-bond acceptors (Lipinski definition) is 3. The first-order chi connectivity index (χ1) is 15.3. The Balaban J connectivity index is 1.58. The van der Waals surface area contributed by atoms with Gasteiger partial charge in [0.05, 0.1) is 17.8 Å². The van der Waals surface area contributed by atoms with Crippen molar-refractivity contribution in [1.82, 2.24) is 20.2 Å². The van der Waals surface area contributed by atoms with Crippen LogP contribution in [-0.4, -0.2) is 32.4 Å². The van der Waals surface area contributed by atoms with Crippen molar-refractivity contribution in [2.24, 2.45) is 0 Å². The lowest BCUT2D eigenvalue weighted by atomic mass is 9.96. The predicted octanol–water partition coefficient (Wildman–Crippen LogP) is 4.77. The summed E-state index contributed by atoms with van der Waals surface area (Å²) in [7, 11) is 0. The Morgan fingerprint density at radius 2 is 1.97 bits per heavy atom. The lowest BCUT2D eigenvalue weighted by molar-refractivity contribution is -0.116. The van der Waals surface area contributed by atoms with Gasteiger partial charge >= 0.3 is 0 Å². The Morgan fingerprint density at radius 1 is 1.22 bits per heavy atom. The third-order valence-corrected chi connectivity index (χ3v) is 7.29. The van der Waals surface area contributed by atoms with Crippen LogP contribution in [0.2, 0.25) is 0 Å². The molecule has 1 aliphatic heterocycles. The summed E-state index contributed by atoms with van der Waals surface area (Å²) < 4.78 is 14.3. The summed E-state index contributed by atoms with van der Waals surface area (Å²) in [5.74, 6) is -0.497. The van der Waals surface area contributed by atoms with E-state index in [-0.39, 0.29) is 30.2 Å². The van der Waals surface area contributed by atoms with Crippen molar-refractivity contribution >= 4 is 51.5 Å². The highest BCUT2D eigenvalue weighted by molar-refractivity contribution is 14.1. The second-order valence-electron chi connectivity index (χ2n) is 7.73. The maximum absolute atomic E-state index is 13.1. The van der Waals surface area contributed by atoms with E-state index in [1.165, 1.54) is 12.1 Å². The smallest absolute Gasteiger partial charge is 0.226 e. The van der Waals surface area contributed by atoms with Gasteiger partial charge in [-0.1, -0.05) is 6.07 Å². The van der Waals surface area contributed by atoms with Crippen LogP contribution in [-0.2, 0) is 4.79 Å². The molecule has 6 nitrogen and oxygen atoms in total. The first kappa shape index (κ1) is 22.7. The number of pyridine rings is 1. The third kappa shape index (κ3) is 4.63. The number of nitrogens with one attached hydrogen (secondary N) is 3. The van der Waals surface area contributed by atoms with Gasteiger partial charge in [-0.25, -0.2) is 4.39 Å². The zero-order valence-corrected chi connectivity index (χ0v) is 20.6. The quantitative estimate of drug-likeness (QED) is 0.298. The van der Waals surface area contributed by atoms with E-state index >= 15 is 0 Å². The Hall–Kier alpha value is -2.53. The number of aryl methyl sites for hydroxylation is 2. The molecule has 0 radical (unpaired) electrons. The molecule has 2 atom stereocenters. The normalized spacial score (nSPS) is 18.0. The molecule has 1 aromatic carbocycles. The maximum Gasteiger partial charge on any atom is 0.226 e. The topological polar surface area (TPSA) is 73.0 Å². The van der Waals surface area contributed by atoms with Gasteiger partial charge < -0.3 is 20.5 Å². The molecule has 1 fully saturated rings. The summed E-state index contributed by atoms with van der Waals surface area (Å²) in [6.45, 7) is 4.54. The van der Waals surface area contributed by atoms with Crippen molar-refractivity contribution in [2.45, 2.75) is 32.4 Å². The molecule has 1 aliphatic rings. The van der Waals surface area contributed by atoms with Crippen molar-refractivity contribution in [3.63, 3.8) is 0 Å². The van der Waals surface area contributed by atoms with Crippen molar-refractivity contribution in [1.29, 1.82) is 0 Å². The number of anilines is 1. The minimum Gasteiger partial charge on any atom is -0.362 e. The molecule has 2 aromatic heterocycles. The van der Waals surface area contributed by atoms with Crippen LogP contribution in [0.25, 0.3) is 0 Å². The van der Waals surface area contributed by atoms with Crippen LogP contribution in [0.15, 0.2) is 48.7 Å². The molecule has 0 spiro atoms. The molecule has 32 heavy (non-hydrogen) atoms. The standard InChI is InChI=1S/C23H23FIN5OS/c1-13-19(20(25)14(2)27-13)22-21(17-5-3-4-11-26-17)29-23(32)30(22)12-10-18(31)28-16-8-6-15(24)7-9-16/h3-9,11,21-22,27H,10,12H2,1-2H3,(H,28,31)(H,29,32). The Kier molecular flexibility index (Phi) is 6.75. The first-order valence-corrected chi connectivity index (χ1v) is 11.7. The molecule has 0 bridgehead atoms. The number of amides is 1. The van der Waals surface area contributed by atoms with Gasteiger partial charge in [-0.05, 0) is 85.1 Å². The van der Waals surface area contributed by atoms with Crippen molar-refractivity contribution < 1.29 is 9.18 Å². The average Bonchev–Trinajstić information content (AvgIpc) is 3.23. The number of hydrogen-bond donors (Lipinski definition) is 3. The molecule has 3 aromatic rings. The van der Waals surface area contributed by atoms with Gasteiger partial charge in [0.1, 0.15) is 5.82 Å². The number of carbonyl (C=O) groups excluding carboxylic acids is 1. The number of benzene rings is 1. The fraction of sp³-hybridized carbons (Fsp3) is 0.261. The Morgan fingerprint density at radius 3 is 2.59 bits per heavy atom. The number of thiocarbonyl (C=S) groups is 1. The molecular formula is C23H23FIN5OS. The van der Waals surface area contributed by atoms with Crippen molar-refractivity contribution in [3.05, 3.63) is 80.7 Å². The monoisotopic (exact) mass is 563 g/mol. The number of halogens is 2. The largest absolute Gasteiger partial charge is 0.362 e. The van der Waals surface area contributed by atoms with Crippen LogP contribution in [0.1, 0.15) is 41.1 Å². The first-order valence-electron chi connectivity index (χ1n) is 10.2. The lowest BCUT2D eigenvalue weighted by Crippen LogP contribution is -2.33. The van der Waals surface area contributed by atoms with E-state index in [1.54, 1.807) is 18.3 Å². The van der Waals surface area contributed by atoms with E-state index in [1.807, 2.05) is 18.2 Å². The van der Waals surface area contributed by atoms with Gasteiger partial charge in [0.15, 0.2) is 5.11 Å². The minimum absolute atomic E-state index is 0.104. The summed E-state index contributed by atoms with van der Waals surface area (Å²) in [5.41, 5.74) is 4.79. The van der Waals surface area contributed by atoms with E-state index in [0.29, 0.717) is 17.3 Å².